The molecule has 0 radical (unpaired) electrons. The lowest BCUT2D eigenvalue weighted by molar-refractivity contribution is -0.535. The van der Waals surface area contributed by atoms with Gasteiger partial charge in [0, 0.05) is 15.3 Å². The normalized spacial score (nSPS) is 30.5. The van der Waals surface area contributed by atoms with Crippen LogP contribution in [0.1, 0.15) is 24.1 Å². The third kappa shape index (κ3) is 2.44. The van der Waals surface area contributed by atoms with Crippen molar-refractivity contribution in [2.45, 2.75) is 28.5 Å². The van der Waals surface area contributed by atoms with Crippen molar-refractivity contribution in [1.82, 2.24) is 10.3 Å². The number of halogens is 1. The molecule has 2 aromatic carbocycles. The highest BCUT2D eigenvalue weighted by molar-refractivity contribution is 8.03. The number of pyridine rings is 1. The van der Waals surface area contributed by atoms with E-state index in [1.165, 1.54) is 11.8 Å². The monoisotopic (exact) mass is 425 g/mol. The Kier molecular flexibility index (Phi) is 3.92. The molecule has 1 N–H and O–H groups in total. The summed E-state index contributed by atoms with van der Waals surface area (Å²) >= 11 is 7.69. The first-order valence-corrected chi connectivity index (χ1v) is 10.3. The number of thioether (sulfide) groups is 1. The third-order valence-corrected chi connectivity index (χ3v) is 7.98. The summed E-state index contributed by atoms with van der Waals surface area (Å²) in [4.78, 5) is 28.5. The predicted octanol–water partition coefficient (Wildman–Crippen LogP) is 4.11. The van der Waals surface area contributed by atoms with Gasteiger partial charge in [-0.15, -0.1) is 11.8 Å². The quantitative estimate of drug-likeness (QED) is 0.504. The van der Waals surface area contributed by atoms with Gasteiger partial charge in [0.25, 0.3) is 6.04 Å². The fourth-order valence-corrected chi connectivity index (χ4v) is 6.73. The summed E-state index contributed by atoms with van der Waals surface area (Å²) in [5, 5.41) is 16.6. The van der Waals surface area contributed by atoms with Crippen LogP contribution in [0.4, 0.5) is 0 Å². The minimum absolute atomic E-state index is 0.236. The van der Waals surface area contributed by atoms with Gasteiger partial charge in [0.2, 0.25) is 5.91 Å². The molecule has 29 heavy (non-hydrogen) atoms. The first kappa shape index (κ1) is 18.4. The molecule has 2 fully saturated rings. The number of hydrogen-bond donors (Lipinski definition) is 1. The number of carbonyl (C=O) groups excluding carboxylic acids is 1. The maximum Gasteiger partial charge on any atom is 0.259 e. The van der Waals surface area contributed by atoms with Crippen LogP contribution in [0.25, 0.3) is 10.9 Å². The number of para-hydroxylation sites is 1. The molecule has 4 unspecified atom stereocenters. The fraction of sp³-hybridized carbons (Fsp3) is 0.238. The van der Waals surface area contributed by atoms with Gasteiger partial charge in [-0.05, 0) is 30.7 Å². The van der Waals surface area contributed by atoms with E-state index in [2.05, 4.69) is 5.32 Å². The summed E-state index contributed by atoms with van der Waals surface area (Å²) in [6.45, 7) is 1.76. The van der Waals surface area contributed by atoms with E-state index in [9.17, 15) is 14.9 Å². The highest BCUT2D eigenvalue weighted by Gasteiger charge is 2.76. The number of benzene rings is 2. The number of nitro groups is 1. The Hall–Kier alpha value is -2.64. The van der Waals surface area contributed by atoms with E-state index in [1.807, 2.05) is 30.3 Å². The molecular weight excluding hydrogens is 410 g/mol. The summed E-state index contributed by atoms with van der Waals surface area (Å²) < 4.78 is -1.03. The molecule has 3 aromatic rings. The van der Waals surface area contributed by atoms with Crippen molar-refractivity contribution >= 4 is 40.2 Å². The average molecular weight is 426 g/mol. The molecule has 1 aromatic heterocycles. The van der Waals surface area contributed by atoms with Crippen molar-refractivity contribution in [1.29, 1.82) is 0 Å². The number of nitrogens with one attached hydrogen (secondary N) is 1. The maximum absolute atomic E-state index is 13.0. The molecule has 6 nitrogen and oxygen atoms in total. The highest BCUT2D eigenvalue weighted by atomic mass is 35.5. The number of fused-ring (bicyclic) bond motifs is 3. The number of hydrogen-bond acceptors (Lipinski definition) is 5. The molecule has 0 saturated carbocycles. The molecule has 1 amide bonds. The Labute approximate surface area is 175 Å². The zero-order valence-electron chi connectivity index (χ0n) is 15.3. The number of carbonyl (C=O) groups is 1. The molecule has 0 aliphatic carbocycles. The average Bonchev–Trinajstić information content (AvgIpc) is 3.13. The Morgan fingerprint density at radius 3 is 2.62 bits per heavy atom. The van der Waals surface area contributed by atoms with Gasteiger partial charge < -0.3 is 5.32 Å². The Balaban J connectivity index is 1.74. The van der Waals surface area contributed by atoms with Gasteiger partial charge in [-0.25, -0.2) is 4.98 Å². The molecule has 4 atom stereocenters. The van der Waals surface area contributed by atoms with Gasteiger partial charge in [0.1, 0.15) is 4.75 Å². The second-order valence-electron chi connectivity index (χ2n) is 7.52. The minimum Gasteiger partial charge on any atom is -0.329 e. The van der Waals surface area contributed by atoms with Crippen LogP contribution in [0, 0.1) is 10.1 Å². The van der Waals surface area contributed by atoms with Gasteiger partial charge >= 0.3 is 0 Å². The summed E-state index contributed by atoms with van der Waals surface area (Å²) in [5.41, 5.74) is 1.82. The van der Waals surface area contributed by atoms with Gasteiger partial charge in [-0.1, -0.05) is 54.1 Å². The Bertz CT molecular complexity index is 1190. The molecule has 2 saturated heterocycles. The molecule has 2 aliphatic heterocycles. The van der Waals surface area contributed by atoms with Crippen LogP contribution in [0.3, 0.4) is 0 Å². The molecule has 2 bridgehead atoms. The van der Waals surface area contributed by atoms with Crippen LogP contribution in [0.2, 0.25) is 5.02 Å². The van der Waals surface area contributed by atoms with Crippen molar-refractivity contribution in [2.75, 3.05) is 0 Å². The van der Waals surface area contributed by atoms with Crippen molar-refractivity contribution in [3.63, 3.8) is 0 Å². The van der Waals surface area contributed by atoms with E-state index in [0.29, 0.717) is 16.3 Å². The molecule has 5 rings (SSSR count). The largest absolute Gasteiger partial charge is 0.329 e. The van der Waals surface area contributed by atoms with Crippen LogP contribution < -0.4 is 5.32 Å². The van der Waals surface area contributed by atoms with Crippen LogP contribution in [0.15, 0.2) is 60.7 Å². The highest BCUT2D eigenvalue weighted by Crippen LogP contribution is 2.66. The molecule has 0 spiro atoms. The van der Waals surface area contributed by atoms with E-state index in [-0.39, 0.29) is 10.8 Å². The SMILES string of the molecule is CC12SC(c3ccc4ccccc4n3)(NC1=O)C([N+](=O)[O-])C2c1ccccc1Cl. The van der Waals surface area contributed by atoms with Crippen molar-refractivity contribution in [2.24, 2.45) is 0 Å². The molecule has 3 heterocycles. The van der Waals surface area contributed by atoms with E-state index in [1.54, 1.807) is 37.3 Å². The summed E-state index contributed by atoms with van der Waals surface area (Å²) in [5.74, 6) is -0.918. The Morgan fingerprint density at radius 2 is 1.86 bits per heavy atom. The van der Waals surface area contributed by atoms with Gasteiger partial charge in [-0.3, -0.25) is 14.9 Å². The van der Waals surface area contributed by atoms with Crippen molar-refractivity contribution in [3.8, 4) is 0 Å². The summed E-state index contributed by atoms with van der Waals surface area (Å²) in [6, 6.07) is 17.1. The number of nitrogens with zero attached hydrogens (tertiary/aromatic N) is 2. The lowest BCUT2D eigenvalue weighted by atomic mass is 9.74. The first-order valence-electron chi connectivity index (χ1n) is 9.14. The molecular formula is C21H16ClN3O3S. The predicted molar refractivity (Wildman–Crippen MR) is 113 cm³/mol. The number of amides is 1. The smallest absolute Gasteiger partial charge is 0.259 e. The van der Waals surface area contributed by atoms with E-state index >= 15 is 0 Å². The van der Waals surface area contributed by atoms with Crippen molar-refractivity contribution in [3.05, 3.63) is 87.1 Å². The van der Waals surface area contributed by atoms with Crippen LogP contribution >= 0.6 is 23.4 Å². The van der Waals surface area contributed by atoms with Gasteiger partial charge in [-0.2, -0.15) is 0 Å². The standard InChI is InChI=1S/C21H16ClN3O3S/c1-20-17(13-7-3-4-8-14(13)22)18(25(27)28)21(29-20,24-19(20)26)16-11-10-12-6-2-5-9-15(12)23-16/h2-11,17-18H,1H3,(H,24,26). The van der Waals surface area contributed by atoms with Gasteiger partial charge in [0.15, 0.2) is 4.87 Å². The molecule has 146 valence electrons. The summed E-state index contributed by atoms with van der Waals surface area (Å²) in [7, 11) is 0. The third-order valence-electron chi connectivity index (χ3n) is 5.90. The molecule has 8 heteroatoms. The second kappa shape index (κ2) is 6.18. The lowest BCUT2D eigenvalue weighted by Gasteiger charge is -2.35. The van der Waals surface area contributed by atoms with Crippen molar-refractivity contribution < 1.29 is 9.72 Å². The second-order valence-corrected chi connectivity index (χ2v) is 9.62. The van der Waals surface area contributed by atoms with Crippen LogP contribution in [-0.2, 0) is 9.67 Å². The van der Waals surface area contributed by atoms with Gasteiger partial charge in [0.05, 0.1) is 17.1 Å². The van der Waals surface area contributed by atoms with Crippen LogP contribution in [-0.4, -0.2) is 26.6 Å². The maximum atomic E-state index is 13.0. The number of piperidine rings is 1. The zero-order chi connectivity index (χ0) is 20.4. The summed E-state index contributed by atoms with van der Waals surface area (Å²) in [6.07, 6.45) is 0. The number of rotatable bonds is 3. The lowest BCUT2D eigenvalue weighted by Crippen LogP contribution is -2.59. The zero-order valence-corrected chi connectivity index (χ0v) is 16.9. The Morgan fingerprint density at radius 1 is 1.14 bits per heavy atom. The number of aromatic nitrogens is 1. The topological polar surface area (TPSA) is 85.1 Å². The fourth-order valence-electron chi connectivity index (χ4n) is 4.58. The van der Waals surface area contributed by atoms with E-state index < -0.39 is 21.6 Å². The van der Waals surface area contributed by atoms with E-state index in [0.717, 1.165) is 10.9 Å². The molecule has 2 aliphatic rings. The van der Waals surface area contributed by atoms with E-state index in [4.69, 9.17) is 16.6 Å². The first-order chi connectivity index (χ1) is 13.9. The minimum atomic E-state index is -1.26. The van der Waals surface area contributed by atoms with Crippen LogP contribution in [0.5, 0.6) is 0 Å².